The number of nitrogens with zero attached hydrogens (tertiary/aromatic N) is 2. The van der Waals surface area contributed by atoms with Gasteiger partial charge in [-0.25, -0.2) is 14.6 Å². The Morgan fingerprint density at radius 2 is 1.68 bits per heavy atom. The molecule has 1 aromatic heterocycles. The first kappa shape index (κ1) is 37.6. The van der Waals surface area contributed by atoms with E-state index in [2.05, 4.69) is 45.2 Å². The maximum absolute atomic E-state index is 14.4. The van der Waals surface area contributed by atoms with Gasteiger partial charge in [-0.2, -0.15) is 0 Å². The van der Waals surface area contributed by atoms with Gasteiger partial charge in [-0.15, -0.1) is 0 Å². The second-order valence-electron chi connectivity index (χ2n) is 11.4. The van der Waals surface area contributed by atoms with Crippen LogP contribution in [0.1, 0.15) is 67.7 Å². The largest absolute Gasteiger partial charge is 0.493 e. The summed E-state index contributed by atoms with van der Waals surface area (Å²) in [5.74, 6) is 0.707. The lowest BCUT2D eigenvalue weighted by Gasteiger charge is -2.25. The molecular weight excluding hydrogens is 886 g/mol. The van der Waals surface area contributed by atoms with Crippen molar-refractivity contribution in [1.82, 2.24) is 4.57 Å². The number of benzene rings is 3. The van der Waals surface area contributed by atoms with Gasteiger partial charge >= 0.3 is 11.9 Å². The van der Waals surface area contributed by atoms with E-state index in [0.29, 0.717) is 55.6 Å². The Bertz CT molecular complexity index is 2140. The fraction of sp³-hybridized carbons (Fsp3) is 0.297. The van der Waals surface area contributed by atoms with Crippen LogP contribution in [0.15, 0.2) is 75.7 Å². The third kappa shape index (κ3) is 8.26. The van der Waals surface area contributed by atoms with Crippen molar-refractivity contribution in [2.45, 2.75) is 53.4 Å². The molecule has 0 N–H and O–H groups in total. The van der Waals surface area contributed by atoms with Crippen LogP contribution < -0.4 is 29.1 Å². The summed E-state index contributed by atoms with van der Waals surface area (Å²) in [6.07, 6.45) is 1.72. The minimum Gasteiger partial charge on any atom is -0.493 e. The van der Waals surface area contributed by atoms with Gasteiger partial charge in [-0.1, -0.05) is 29.5 Å². The molecule has 0 saturated heterocycles. The average Bonchev–Trinajstić information content (AvgIpc) is 3.37. The van der Waals surface area contributed by atoms with E-state index in [1.54, 1.807) is 58.2 Å². The number of allylic oxidation sites excluding steroid dienone is 1. The van der Waals surface area contributed by atoms with E-state index < -0.39 is 12.0 Å². The number of carbonyl (C=O) groups excluding carboxylic acids is 2. The van der Waals surface area contributed by atoms with Crippen molar-refractivity contribution in [3.8, 4) is 17.2 Å². The van der Waals surface area contributed by atoms with E-state index in [4.69, 9.17) is 28.7 Å². The average molecular weight is 923 g/mol. The first-order chi connectivity index (χ1) is 23.9. The van der Waals surface area contributed by atoms with Gasteiger partial charge in [-0.05, 0) is 133 Å². The number of halogens is 2. The highest BCUT2D eigenvalue weighted by atomic mass is 127. The number of carbonyl (C=O) groups is 2. The lowest BCUT2D eigenvalue weighted by atomic mass is 9.95. The molecule has 10 nitrogen and oxygen atoms in total. The number of fused-ring (bicyclic) bond motifs is 1. The zero-order valence-corrected chi connectivity index (χ0v) is 33.5. The normalized spacial score (nSPS) is 14.3. The van der Waals surface area contributed by atoms with E-state index in [9.17, 15) is 14.4 Å². The van der Waals surface area contributed by atoms with Crippen LogP contribution in [0.4, 0.5) is 0 Å². The van der Waals surface area contributed by atoms with Crippen LogP contribution in [0.25, 0.3) is 6.08 Å². The molecule has 0 unspecified atom stereocenters. The molecule has 0 fully saturated rings. The fourth-order valence-corrected chi connectivity index (χ4v) is 8.48. The maximum atomic E-state index is 14.4. The standard InChI is InChI=1S/C37H36I2N2O8S/c1-7-46-35(43)23-11-9-22(10-12-23)19-48-33-25(15-26(38)18-27(33)39)17-30-34(42)41-32(24-13-14-28(49-20(3)4)29(16-24)45-6)31(36(44)47-8-2)21(5)40-37(41)50-30/h9-18,20,32H,7-8,19H2,1-6H3/b30-17+/t32-/m0/s1. The van der Waals surface area contributed by atoms with E-state index in [-0.39, 0.29) is 36.4 Å². The number of hydrogen-bond acceptors (Lipinski definition) is 10. The summed E-state index contributed by atoms with van der Waals surface area (Å²) in [6.45, 7) is 9.80. The molecule has 1 aliphatic heterocycles. The molecule has 0 spiro atoms. The van der Waals surface area contributed by atoms with Gasteiger partial charge < -0.3 is 23.7 Å². The molecule has 0 aliphatic carbocycles. The van der Waals surface area contributed by atoms with E-state index in [1.807, 2.05) is 44.2 Å². The minimum atomic E-state index is -0.821. The van der Waals surface area contributed by atoms with Crippen LogP contribution in [0.5, 0.6) is 17.2 Å². The number of hydrogen-bond donors (Lipinski definition) is 0. The van der Waals surface area contributed by atoms with Gasteiger partial charge in [0.1, 0.15) is 12.4 Å². The topological polar surface area (TPSA) is 115 Å². The summed E-state index contributed by atoms with van der Waals surface area (Å²) < 4.78 is 32.3. The van der Waals surface area contributed by atoms with Crippen LogP contribution >= 0.6 is 56.5 Å². The molecule has 13 heteroatoms. The predicted octanol–water partition coefficient (Wildman–Crippen LogP) is 6.56. The maximum Gasteiger partial charge on any atom is 0.338 e. The number of aromatic nitrogens is 1. The third-order valence-corrected chi connectivity index (χ3v) is 9.96. The Kier molecular flexibility index (Phi) is 12.4. The van der Waals surface area contributed by atoms with E-state index in [0.717, 1.165) is 12.7 Å². The van der Waals surface area contributed by atoms with Crippen molar-refractivity contribution in [1.29, 1.82) is 0 Å². The fourth-order valence-electron chi connectivity index (χ4n) is 5.40. The molecule has 3 aromatic carbocycles. The molecular formula is C37H36I2N2O8S. The molecule has 0 radical (unpaired) electrons. The van der Waals surface area contributed by atoms with Crippen molar-refractivity contribution in [2.24, 2.45) is 4.99 Å². The molecule has 1 aliphatic rings. The predicted molar refractivity (Wildman–Crippen MR) is 208 cm³/mol. The number of thiazole rings is 1. The SMILES string of the molecule is CCOC(=O)C1=C(C)N=c2s/c(=C/c3cc(I)cc(I)c3OCc3ccc(C(=O)OCC)cc3)c(=O)n2[C@H]1c1ccc(OC(C)C)c(OC)c1. The number of rotatable bonds is 12. The Labute approximate surface area is 321 Å². The molecule has 0 bridgehead atoms. The highest BCUT2D eigenvalue weighted by Gasteiger charge is 2.34. The molecule has 50 heavy (non-hydrogen) atoms. The molecule has 0 amide bonds. The van der Waals surface area contributed by atoms with Crippen molar-refractivity contribution in [2.75, 3.05) is 20.3 Å². The summed E-state index contributed by atoms with van der Waals surface area (Å²) in [5, 5.41) is 0. The van der Waals surface area contributed by atoms with Gasteiger partial charge in [0.15, 0.2) is 16.3 Å². The van der Waals surface area contributed by atoms with Crippen LogP contribution in [-0.4, -0.2) is 42.9 Å². The second kappa shape index (κ2) is 16.5. The smallest absolute Gasteiger partial charge is 0.338 e. The quantitative estimate of drug-likeness (QED) is 0.116. The molecule has 4 aromatic rings. The lowest BCUT2D eigenvalue weighted by molar-refractivity contribution is -0.139. The summed E-state index contributed by atoms with van der Waals surface area (Å²) in [4.78, 5) is 45.0. The Hall–Kier alpha value is -3.70. The van der Waals surface area contributed by atoms with Crippen LogP contribution in [0.2, 0.25) is 0 Å². The van der Waals surface area contributed by atoms with Crippen molar-refractivity contribution in [3.63, 3.8) is 0 Å². The van der Waals surface area contributed by atoms with Gasteiger partial charge in [0.05, 0.1) is 57.4 Å². The first-order valence-electron chi connectivity index (χ1n) is 15.9. The summed E-state index contributed by atoms with van der Waals surface area (Å²) in [5.41, 5.74) is 3.10. The summed E-state index contributed by atoms with van der Waals surface area (Å²) in [7, 11) is 1.55. The Balaban J connectivity index is 1.59. The van der Waals surface area contributed by atoms with Crippen molar-refractivity contribution in [3.05, 3.63) is 115 Å². The zero-order chi connectivity index (χ0) is 36.1. The molecule has 262 valence electrons. The number of methoxy groups -OCH3 is 1. The monoisotopic (exact) mass is 922 g/mol. The van der Waals surface area contributed by atoms with Crippen molar-refractivity contribution < 1.29 is 33.3 Å². The van der Waals surface area contributed by atoms with Gasteiger partial charge in [0.25, 0.3) is 5.56 Å². The number of ether oxygens (including phenoxy) is 5. The molecule has 1 atom stereocenters. The zero-order valence-electron chi connectivity index (χ0n) is 28.4. The summed E-state index contributed by atoms with van der Waals surface area (Å²) >= 11 is 5.69. The van der Waals surface area contributed by atoms with E-state index in [1.165, 1.54) is 15.9 Å². The van der Waals surface area contributed by atoms with Crippen LogP contribution in [-0.2, 0) is 20.9 Å². The highest BCUT2D eigenvalue weighted by Crippen LogP contribution is 2.37. The van der Waals surface area contributed by atoms with Gasteiger partial charge in [0.2, 0.25) is 0 Å². The van der Waals surface area contributed by atoms with Crippen LogP contribution in [0.3, 0.4) is 0 Å². The first-order valence-corrected chi connectivity index (χ1v) is 18.8. The molecule has 2 heterocycles. The van der Waals surface area contributed by atoms with Gasteiger partial charge in [0, 0.05) is 9.13 Å². The lowest BCUT2D eigenvalue weighted by Crippen LogP contribution is -2.40. The van der Waals surface area contributed by atoms with E-state index >= 15 is 0 Å². The third-order valence-electron chi connectivity index (χ3n) is 7.56. The molecule has 5 rings (SSSR count). The molecule has 0 saturated carbocycles. The van der Waals surface area contributed by atoms with Gasteiger partial charge in [-0.3, -0.25) is 9.36 Å². The van der Waals surface area contributed by atoms with Crippen LogP contribution in [0, 0.1) is 7.14 Å². The second-order valence-corrected chi connectivity index (χ2v) is 14.8. The number of esters is 2. The minimum absolute atomic E-state index is 0.0838. The Morgan fingerprint density at radius 1 is 0.980 bits per heavy atom. The van der Waals surface area contributed by atoms with Crippen molar-refractivity contribution >= 4 is 74.5 Å². The Morgan fingerprint density at radius 3 is 2.34 bits per heavy atom. The highest BCUT2D eigenvalue weighted by molar-refractivity contribution is 14.1. The summed E-state index contributed by atoms with van der Waals surface area (Å²) in [6, 6.07) is 15.6.